The number of pyridine rings is 1. The van der Waals surface area contributed by atoms with Gasteiger partial charge < -0.3 is 16.3 Å². The van der Waals surface area contributed by atoms with Gasteiger partial charge in [-0.3, -0.25) is 4.98 Å². The minimum Gasteiger partial charge on any atom is -0.398 e. The van der Waals surface area contributed by atoms with Gasteiger partial charge in [0.1, 0.15) is 6.79 Å². The first-order valence-corrected chi connectivity index (χ1v) is 10.4. The maximum absolute atomic E-state index is 8.00. The minimum atomic E-state index is 0.0209. The summed E-state index contributed by atoms with van der Waals surface area (Å²) in [6.07, 6.45) is 9.17. The number of benzene rings is 2. The van der Waals surface area contributed by atoms with Gasteiger partial charge in [-0.05, 0) is 66.8 Å². The van der Waals surface area contributed by atoms with Crippen LogP contribution in [0.25, 0.3) is 34.2 Å². The average molecular weight is 415 g/mol. The molecule has 5 heteroatoms. The maximum Gasteiger partial charge on any atom is 0.106 e. The highest BCUT2D eigenvalue weighted by atomic mass is 16.1. The van der Waals surface area contributed by atoms with E-state index in [1.54, 1.807) is 0 Å². The average Bonchev–Trinajstić information content (AvgIpc) is 3.65. The van der Waals surface area contributed by atoms with Gasteiger partial charge >= 0.3 is 0 Å². The van der Waals surface area contributed by atoms with Crippen LogP contribution in [0.2, 0.25) is 0 Å². The summed E-state index contributed by atoms with van der Waals surface area (Å²) in [5, 5.41) is 11.2. The smallest absolute Gasteiger partial charge is 0.106 e. The zero-order valence-corrected chi connectivity index (χ0v) is 18.2. The quantitative estimate of drug-likeness (QED) is 0.638. The number of para-hydroxylation sites is 1. The second-order valence-corrected chi connectivity index (χ2v) is 7.37. The summed E-state index contributed by atoms with van der Waals surface area (Å²) < 4.78 is 0. The highest BCUT2D eigenvalue weighted by Crippen LogP contribution is 2.27. The van der Waals surface area contributed by atoms with E-state index in [1.165, 1.54) is 0 Å². The number of carbonyl (C=O) groups excluding carboxylic acids is 1. The Morgan fingerprint density at radius 1 is 1.26 bits per heavy atom. The van der Waals surface area contributed by atoms with Gasteiger partial charge in [-0.15, -0.1) is 0 Å². The summed E-state index contributed by atoms with van der Waals surface area (Å²) in [6, 6.07) is 16.6. The molecule has 3 aromatic rings. The van der Waals surface area contributed by atoms with Crippen LogP contribution in [0.3, 0.4) is 0 Å². The Bertz CT molecular complexity index is 1170. The molecule has 5 nitrogen and oxygen atoms in total. The number of hydrogen-bond donors (Lipinski definition) is 2. The predicted octanol–water partition coefficient (Wildman–Crippen LogP) is 3.54. The molecular formula is C26H30N4O. The highest BCUT2D eigenvalue weighted by molar-refractivity contribution is 5.94. The number of fused-ring (bicyclic) bond motifs is 1. The van der Waals surface area contributed by atoms with Crippen LogP contribution >= 0.6 is 0 Å². The normalized spacial score (nSPS) is 14.6. The summed E-state index contributed by atoms with van der Waals surface area (Å²) in [4.78, 5) is 12.4. The van der Waals surface area contributed by atoms with Gasteiger partial charge in [0.25, 0.3) is 0 Å². The molecule has 4 N–H and O–H groups in total. The molecule has 1 fully saturated rings. The SMILES string of the molecule is C/C=c1/c(N)cc(-c2ccnc3ccccc23)c/c1=C/C(N)CC.C=O.N#CC1CC1. The van der Waals surface area contributed by atoms with E-state index in [0.29, 0.717) is 5.92 Å². The second kappa shape index (κ2) is 11.6. The van der Waals surface area contributed by atoms with E-state index in [4.69, 9.17) is 21.5 Å². The fourth-order valence-electron chi connectivity index (χ4n) is 3.23. The van der Waals surface area contributed by atoms with Crippen LogP contribution in [-0.4, -0.2) is 17.8 Å². The largest absolute Gasteiger partial charge is 0.398 e. The Balaban J connectivity index is 0.000000420. The molecule has 31 heavy (non-hydrogen) atoms. The molecule has 1 aliphatic rings. The van der Waals surface area contributed by atoms with E-state index in [9.17, 15) is 0 Å². The molecule has 4 rings (SSSR count). The maximum atomic E-state index is 8.00. The molecule has 1 saturated carbocycles. The first-order chi connectivity index (χ1) is 15.1. The monoisotopic (exact) mass is 414 g/mol. The van der Waals surface area contributed by atoms with E-state index in [1.807, 2.05) is 56.3 Å². The number of anilines is 1. The summed E-state index contributed by atoms with van der Waals surface area (Å²) >= 11 is 0. The Morgan fingerprint density at radius 3 is 2.55 bits per heavy atom. The standard InChI is InChI=1S/C21H23N3.C4H5N.CH2O/c1-3-16(22)12-14-11-15(13-20(23)17(14)4-2)18-9-10-24-21-8-6-5-7-19(18)21;5-3-4-1-2-4;1-2/h4-13,16H,3,22-23H2,1-2H3;4H,1-2H2;1H2/b14-12-,17-4+;;. The van der Waals surface area contributed by atoms with Crippen molar-refractivity contribution in [2.45, 2.75) is 39.2 Å². The van der Waals surface area contributed by atoms with Crippen molar-refractivity contribution >= 4 is 35.5 Å². The fourth-order valence-corrected chi connectivity index (χ4v) is 3.23. The molecule has 0 aliphatic heterocycles. The first kappa shape index (κ1) is 23.8. The van der Waals surface area contributed by atoms with Gasteiger partial charge in [0, 0.05) is 34.4 Å². The number of rotatable bonds is 3. The van der Waals surface area contributed by atoms with Gasteiger partial charge in [-0.25, -0.2) is 0 Å². The number of nitrogens with zero attached hydrogens (tertiary/aromatic N) is 2. The number of nitriles is 1. The van der Waals surface area contributed by atoms with Gasteiger partial charge in [0.2, 0.25) is 0 Å². The second-order valence-electron chi connectivity index (χ2n) is 7.37. The molecule has 1 heterocycles. The highest BCUT2D eigenvalue weighted by Gasteiger charge is 2.19. The van der Waals surface area contributed by atoms with Crippen LogP contribution in [0.15, 0.2) is 48.7 Å². The van der Waals surface area contributed by atoms with Crippen LogP contribution in [0.1, 0.15) is 33.1 Å². The lowest BCUT2D eigenvalue weighted by Gasteiger charge is -2.09. The zero-order chi connectivity index (χ0) is 22.8. The number of hydrogen-bond acceptors (Lipinski definition) is 5. The summed E-state index contributed by atoms with van der Waals surface area (Å²) in [6.45, 7) is 6.09. The van der Waals surface area contributed by atoms with Crippen molar-refractivity contribution in [1.82, 2.24) is 4.98 Å². The van der Waals surface area contributed by atoms with Crippen molar-refractivity contribution in [3.63, 3.8) is 0 Å². The minimum absolute atomic E-state index is 0.0209. The van der Waals surface area contributed by atoms with E-state index in [0.717, 1.165) is 57.4 Å². The molecule has 0 radical (unpaired) electrons. The molecule has 1 aliphatic carbocycles. The van der Waals surface area contributed by atoms with Crippen molar-refractivity contribution in [2.24, 2.45) is 11.7 Å². The number of aromatic nitrogens is 1. The summed E-state index contributed by atoms with van der Waals surface area (Å²) in [5.74, 6) is 0.440. The Labute approximate surface area is 183 Å². The van der Waals surface area contributed by atoms with Gasteiger partial charge in [0.15, 0.2) is 0 Å². The van der Waals surface area contributed by atoms with Crippen molar-refractivity contribution in [3.05, 3.63) is 59.1 Å². The third kappa shape index (κ3) is 6.24. The summed E-state index contributed by atoms with van der Waals surface area (Å²) in [5.41, 5.74) is 16.4. The number of nitrogen functional groups attached to an aromatic ring is 1. The van der Waals surface area contributed by atoms with Gasteiger partial charge in [-0.1, -0.05) is 37.3 Å². The lowest BCUT2D eigenvalue weighted by atomic mass is 9.98. The van der Waals surface area contributed by atoms with Crippen LogP contribution in [0.5, 0.6) is 0 Å². The summed E-state index contributed by atoms with van der Waals surface area (Å²) in [7, 11) is 0. The van der Waals surface area contributed by atoms with Crippen LogP contribution in [0, 0.1) is 17.2 Å². The van der Waals surface area contributed by atoms with Crippen LogP contribution < -0.4 is 21.9 Å². The lowest BCUT2D eigenvalue weighted by molar-refractivity contribution is -0.0979. The van der Waals surface area contributed by atoms with E-state index >= 15 is 0 Å². The predicted molar refractivity (Wildman–Crippen MR) is 129 cm³/mol. The number of nitrogens with two attached hydrogens (primary N) is 2. The van der Waals surface area contributed by atoms with E-state index < -0.39 is 0 Å². The van der Waals surface area contributed by atoms with Gasteiger partial charge in [0.05, 0.1) is 11.6 Å². The molecule has 0 amide bonds. The zero-order valence-electron chi connectivity index (χ0n) is 18.2. The molecule has 0 spiro atoms. The van der Waals surface area contributed by atoms with E-state index in [-0.39, 0.29) is 6.04 Å². The molecule has 0 bridgehead atoms. The topological polar surface area (TPSA) is 106 Å². The van der Waals surface area contributed by atoms with Crippen molar-refractivity contribution in [3.8, 4) is 17.2 Å². The Morgan fingerprint density at radius 2 is 1.97 bits per heavy atom. The van der Waals surface area contributed by atoms with Crippen molar-refractivity contribution in [2.75, 3.05) is 5.73 Å². The first-order valence-electron chi connectivity index (χ1n) is 10.4. The molecule has 1 aromatic heterocycles. The third-order valence-corrected chi connectivity index (χ3v) is 5.12. The van der Waals surface area contributed by atoms with Crippen LogP contribution in [-0.2, 0) is 4.79 Å². The van der Waals surface area contributed by atoms with Crippen molar-refractivity contribution in [1.29, 1.82) is 5.26 Å². The lowest BCUT2D eigenvalue weighted by Crippen LogP contribution is -2.31. The van der Waals surface area contributed by atoms with Crippen LogP contribution in [0.4, 0.5) is 5.69 Å². The molecular weight excluding hydrogens is 384 g/mol. The fraction of sp³-hybridized carbons (Fsp3) is 0.269. The molecule has 2 aromatic carbocycles. The molecule has 1 unspecified atom stereocenters. The molecule has 0 saturated heterocycles. The molecule has 160 valence electrons. The van der Waals surface area contributed by atoms with Gasteiger partial charge in [-0.2, -0.15) is 5.26 Å². The Kier molecular flexibility index (Phi) is 8.93. The Hall–Kier alpha value is -3.49. The number of carbonyl (C=O) groups is 1. The third-order valence-electron chi connectivity index (χ3n) is 5.12. The molecule has 1 atom stereocenters. The van der Waals surface area contributed by atoms with E-state index in [2.05, 4.69) is 36.2 Å². The van der Waals surface area contributed by atoms with Crippen molar-refractivity contribution < 1.29 is 4.79 Å².